The van der Waals surface area contributed by atoms with Crippen LogP contribution in [0.2, 0.25) is 0 Å². The Balaban J connectivity index is 0.991. The predicted octanol–water partition coefficient (Wildman–Crippen LogP) is 5.25. The van der Waals surface area contributed by atoms with E-state index in [1.54, 1.807) is 0 Å². The summed E-state index contributed by atoms with van der Waals surface area (Å²) < 4.78 is 26.2. The number of amides is 1. The molecule has 8 fully saturated rings. The number of rotatable bonds is 8. The first-order valence-corrected chi connectivity index (χ1v) is 20.5. The lowest BCUT2D eigenvalue weighted by Crippen LogP contribution is -2.60. The molecule has 0 aromatic rings. The van der Waals surface area contributed by atoms with E-state index >= 15 is 0 Å². The first-order valence-electron chi connectivity index (χ1n) is 20.5. The van der Waals surface area contributed by atoms with Gasteiger partial charge in [-0.25, -0.2) is 0 Å². The topological polar surface area (TPSA) is 101 Å². The summed E-state index contributed by atoms with van der Waals surface area (Å²) in [6, 6.07) is 0. The van der Waals surface area contributed by atoms with Crippen LogP contribution in [0.5, 0.6) is 0 Å². The van der Waals surface area contributed by atoms with E-state index in [1.807, 2.05) is 25.7 Å². The lowest BCUT2D eigenvalue weighted by Gasteiger charge is -2.64. The minimum Gasteiger partial charge on any atom is -0.390 e. The molecule has 9 nitrogen and oxygen atoms in total. The van der Waals surface area contributed by atoms with Crippen LogP contribution in [0.3, 0.4) is 0 Å². The number of aliphatic hydroxyl groups excluding tert-OH is 1. The molecule has 2 unspecified atom stereocenters. The highest BCUT2D eigenvalue weighted by atomic mass is 16.7. The molecule has 5 saturated carbocycles. The fourth-order valence-corrected chi connectivity index (χ4v) is 14.6. The molecular weight excluding hydrogens is 632 g/mol. The highest BCUT2D eigenvalue weighted by Gasteiger charge is 2.84. The molecule has 9 heteroatoms. The third-order valence-corrected chi connectivity index (χ3v) is 17.1. The van der Waals surface area contributed by atoms with E-state index < -0.39 is 17.8 Å². The van der Waals surface area contributed by atoms with Crippen LogP contribution in [0, 0.1) is 50.7 Å². The summed E-state index contributed by atoms with van der Waals surface area (Å²) >= 11 is 0. The molecule has 8 aliphatic rings. The van der Waals surface area contributed by atoms with Gasteiger partial charge >= 0.3 is 0 Å². The Hall–Kier alpha value is -0.810. The molecule has 3 heterocycles. The van der Waals surface area contributed by atoms with E-state index in [1.165, 1.54) is 25.7 Å². The van der Waals surface area contributed by atoms with Gasteiger partial charge in [-0.05, 0) is 124 Å². The van der Waals surface area contributed by atoms with E-state index in [2.05, 4.69) is 39.5 Å². The zero-order chi connectivity index (χ0) is 35.6. The fraction of sp³-hybridized carbons (Fsp3) is 0.976. The maximum atomic E-state index is 12.7. The van der Waals surface area contributed by atoms with Crippen molar-refractivity contribution in [3.8, 4) is 0 Å². The average Bonchev–Trinajstić information content (AvgIpc) is 3.64. The van der Waals surface area contributed by atoms with Gasteiger partial charge in [0.15, 0.2) is 6.29 Å². The van der Waals surface area contributed by atoms with Crippen molar-refractivity contribution in [2.45, 2.75) is 156 Å². The lowest BCUT2D eigenvalue weighted by molar-refractivity contribution is -0.248. The molecule has 50 heavy (non-hydrogen) atoms. The molecule has 284 valence electrons. The molecule has 0 bridgehead atoms. The quantitative estimate of drug-likeness (QED) is 0.354. The number of nitrogens with zero attached hydrogens (tertiary/aromatic N) is 2. The molecule has 0 aromatic carbocycles. The molecule has 2 spiro atoms. The number of carbonyl (C=O) groups is 1. The van der Waals surface area contributed by atoms with E-state index in [0.717, 1.165) is 51.7 Å². The monoisotopic (exact) mass is 701 g/mol. The van der Waals surface area contributed by atoms with Crippen molar-refractivity contribution in [1.82, 2.24) is 9.80 Å². The zero-order valence-corrected chi connectivity index (χ0v) is 32.4. The number of ether oxygens (including phenoxy) is 4. The molecule has 2 N–H and O–H groups in total. The standard InChI is InChI=1S/C41H68N2O7/c1-9-47-35(37(5,6)46)26-21-25(2)32-33(49-26)34(45)39(8)28-12-11-27-36(3,4)29(13-14-40(27)24-41(28,40)16-15-38(32,39)7)50-31-23-42(19-20-48-31)22-30(44)43-17-10-18-43/h25-29,31-35,45-46H,9-24H2,1-8H3/t25-,26-,27+,28+,29+,31+,32+,33+,34+,35+,38-,39-,40?,41?/m1/s1. The molecule has 5 aliphatic carbocycles. The van der Waals surface area contributed by atoms with Gasteiger partial charge in [-0.15, -0.1) is 0 Å². The Bertz CT molecular complexity index is 1320. The van der Waals surface area contributed by atoms with E-state index in [-0.39, 0.29) is 52.2 Å². The molecule has 0 radical (unpaired) electrons. The Kier molecular flexibility index (Phi) is 8.75. The van der Waals surface area contributed by atoms with Gasteiger partial charge in [-0.2, -0.15) is 0 Å². The predicted molar refractivity (Wildman–Crippen MR) is 190 cm³/mol. The van der Waals surface area contributed by atoms with Crippen molar-refractivity contribution in [3.05, 3.63) is 0 Å². The van der Waals surface area contributed by atoms with Crippen molar-refractivity contribution in [3.63, 3.8) is 0 Å². The van der Waals surface area contributed by atoms with Crippen LogP contribution >= 0.6 is 0 Å². The highest BCUT2D eigenvalue weighted by Crippen LogP contribution is 2.89. The van der Waals surface area contributed by atoms with Gasteiger partial charge in [-0.3, -0.25) is 9.69 Å². The summed E-state index contributed by atoms with van der Waals surface area (Å²) in [5, 5.41) is 23.7. The average molecular weight is 701 g/mol. The summed E-state index contributed by atoms with van der Waals surface area (Å²) in [7, 11) is 0. The minimum absolute atomic E-state index is 0.000896. The van der Waals surface area contributed by atoms with Gasteiger partial charge in [0, 0.05) is 31.7 Å². The van der Waals surface area contributed by atoms with Crippen molar-refractivity contribution < 1.29 is 34.0 Å². The summed E-state index contributed by atoms with van der Waals surface area (Å²) in [6.07, 6.45) is 8.66. The fourth-order valence-electron chi connectivity index (χ4n) is 14.6. The molecule has 14 atom stereocenters. The smallest absolute Gasteiger partial charge is 0.236 e. The normalized spacial score (nSPS) is 50.2. The second-order valence-electron chi connectivity index (χ2n) is 20.0. The van der Waals surface area contributed by atoms with Crippen LogP contribution in [0.4, 0.5) is 0 Å². The Morgan fingerprint density at radius 3 is 2.42 bits per heavy atom. The van der Waals surface area contributed by atoms with Gasteiger partial charge in [-0.1, -0.05) is 34.6 Å². The highest BCUT2D eigenvalue weighted by molar-refractivity contribution is 5.78. The van der Waals surface area contributed by atoms with Gasteiger partial charge in [0.05, 0.1) is 49.7 Å². The van der Waals surface area contributed by atoms with Gasteiger partial charge < -0.3 is 34.1 Å². The molecule has 1 amide bonds. The van der Waals surface area contributed by atoms with Gasteiger partial charge in [0.2, 0.25) is 5.91 Å². The number of fused-ring (bicyclic) bond motifs is 4. The van der Waals surface area contributed by atoms with E-state index in [4.69, 9.17) is 18.9 Å². The zero-order valence-electron chi connectivity index (χ0n) is 32.4. The van der Waals surface area contributed by atoms with Crippen LogP contribution in [0.15, 0.2) is 0 Å². The largest absolute Gasteiger partial charge is 0.390 e. The van der Waals surface area contributed by atoms with Crippen molar-refractivity contribution in [1.29, 1.82) is 0 Å². The number of hydrogen-bond donors (Lipinski definition) is 2. The number of carbonyl (C=O) groups excluding carboxylic acids is 1. The summed E-state index contributed by atoms with van der Waals surface area (Å²) in [6.45, 7) is 22.7. The summed E-state index contributed by atoms with van der Waals surface area (Å²) in [5.74, 6) is 1.97. The van der Waals surface area contributed by atoms with Gasteiger partial charge in [0.1, 0.15) is 6.10 Å². The molecule has 8 rings (SSSR count). The molecule has 3 saturated heterocycles. The van der Waals surface area contributed by atoms with Crippen LogP contribution in [0.25, 0.3) is 0 Å². The Morgan fingerprint density at radius 1 is 1.02 bits per heavy atom. The summed E-state index contributed by atoms with van der Waals surface area (Å²) in [4.78, 5) is 16.9. The first kappa shape index (κ1) is 36.2. The maximum absolute atomic E-state index is 12.7. The second-order valence-corrected chi connectivity index (χ2v) is 20.0. The van der Waals surface area contributed by atoms with Crippen molar-refractivity contribution in [2.75, 3.05) is 45.9 Å². The van der Waals surface area contributed by atoms with Crippen LogP contribution < -0.4 is 0 Å². The minimum atomic E-state index is -1.02. The third-order valence-electron chi connectivity index (χ3n) is 17.1. The van der Waals surface area contributed by atoms with Crippen molar-refractivity contribution >= 4 is 5.91 Å². The molecule has 0 aromatic heterocycles. The Morgan fingerprint density at radius 2 is 1.74 bits per heavy atom. The van der Waals surface area contributed by atoms with E-state index in [9.17, 15) is 15.0 Å². The van der Waals surface area contributed by atoms with Crippen LogP contribution in [-0.2, 0) is 23.7 Å². The number of aliphatic hydroxyl groups is 2. The third kappa shape index (κ3) is 4.98. The second kappa shape index (κ2) is 12.1. The maximum Gasteiger partial charge on any atom is 0.236 e. The van der Waals surface area contributed by atoms with E-state index in [0.29, 0.717) is 55.4 Å². The van der Waals surface area contributed by atoms with Crippen LogP contribution in [-0.4, -0.2) is 114 Å². The molecule has 3 aliphatic heterocycles. The Labute approximate surface area is 301 Å². The molecular formula is C41H68N2O7. The van der Waals surface area contributed by atoms with Gasteiger partial charge in [0.25, 0.3) is 0 Å². The van der Waals surface area contributed by atoms with Crippen LogP contribution in [0.1, 0.15) is 113 Å². The number of morpholine rings is 1. The van der Waals surface area contributed by atoms with Crippen molar-refractivity contribution in [2.24, 2.45) is 50.7 Å². The first-order chi connectivity index (χ1) is 23.5. The summed E-state index contributed by atoms with van der Waals surface area (Å²) in [5.41, 5.74) is -0.633. The SMILES string of the molecule is CCO[C@@H]([C@H]1C[C@@H](C)[C@H]2[C@H](O1)[C@H](O)[C@@]1(C)[C@@H]3CC[C@H]4C(C)(C)[C@@H](O[C@H]5CN(CC(=O)N6CCC6)CCO5)CCC45CC35CC[C@]21C)C(C)(C)O. The lowest BCUT2D eigenvalue weighted by atomic mass is 9.41. The number of likely N-dealkylation sites (tertiary alicyclic amines) is 1. The number of hydrogen-bond acceptors (Lipinski definition) is 8.